The molecular formula is C86H109N15O6. The van der Waals surface area contributed by atoms with Gasteiger partial charge in [0.2, 0.25) is 35.6 Å². The summed E-state index contributed by atoms with van der Waals surface area (Å²) in [5, 5.41) is 15.1. The predicted octanol–water partition coefficient (Wildman–Crippen LogP) is 15.0. The number of carbonyl (C=O) groups excluding carboxylic acids is 6. The van der Waals surface area contributed by atoms with Crippen molar-refractivity contribution in [2.24, 2.45) is 23.5 Å². The number of hydrogen-bond donors (Lipinski definition) is 6. The minimum Gasteiger partial charge on any atom is -0.369 e. The number of imidazole rings is 3. The summed E-state index contributed by atoms with van der Waals surface area (Å²) >= 11 is 0. The topological polar surface area (TPSA) is 252 Å². The van der Waals surface area contributed by atoms with Gasteiger partial charge in [0.15, 0.2) is 0 Å². The lowest BCUT2D eigenvalue weighted by Gasteiger charge is -2.30. The van der Waals surface area contributed by atoms with Crippen LogP contribution in [0.4, 0.5) is 17.8 Å². The average Bonchev–Trinajstić information content (AvgIpc) is 1.64. The summed E-state index contributed by atoms with van der Waals surface area (Å²) in [5.41, 5.74) is 19.3. The molecule has 0 bridgehead atoms. The fourth-order valence-corrected chi connectivity index (χ4v) is 17.1. The molecule has 3 aliphatic heterocycles. The molecule has 3 aromatic heterocycles. The number of anilines is 3. The highest BCUT2D eigenvalue weighted by Gasteiger charge is 2.34. The lowest BCUT2D eigenvalue weighted by molar-refractivity contribution is -0.126. The van der Waals surface area contributed by atoms with E-state index < -0.39 is 0 Å². The zero-order valence-corrected chi connectivity index (χ0v) is 63.1. The molecule has 0 unspecified atom stereocenters. The lowest BCUT2D eigenvalue weighted by atomic mass is 9.85. The smallest absolute Gasteiger partial charge is 0.257 e. The highest BCUT2D eigenvalue weighted by atomic mass is 16.2. The van der Waals surface area contributed by atoms with E-state index in [9.17, 15) is 28.8 Å². The Morgan fingerprint density at radius 1 is 0.393 bits per heavy atom. The van der Waals surface area contributed by atoms with Crippen molar-refractivity contribution in [1.82, 2.24) is 54.0 Å². The van der Waals surface area contributed by atoms with Crippen molar-refractivity contribution in [3.05, 3.63) is 178 Å². The molecule has 6 aliphatic rings. The van der Waals surface area contributed by atoms with Gasteiger partial charge in [0.1, 0.15) is 0 Å². The van der Waals surface area contributed by atoms with Gasteiger partial charge in [0.05, 0.1) is 33.1 Å². The van der Waals surface area contributed by atoms with Gasteiger partial charge < -0.3 is 30.1 Å². The second kappa shape index (κ2) is 35.9. The van der Waals surface area contributed by atoms with E-state index in [1.807, 2.05) is 87.5 Å². The molecule has 107 heavy (non-hydrogen) atoms. The summed E-state index contributed by atoms with van der Waals surface area (Å²) in [6.07, 6.45) is 21.7. The van der Waals surface area contributed by atoms with Crippen LogP contribution >= 0.6 is 0 Å². The van der Waals surface area contributed by atoms with Gasteiger partial charge in [-0.25, -0.2) is 15.0 Å². The number of fused-ring (bicyclic) bond motifs is 3. The van der Waals surface area contributed by atoms with E-state index in [0.29, 0.717) is 41.1 Å². The van der Waals surface area contributed by atoms with Crippen LogP contribution in [0, 0.1) is 31.6 Å². The van der Waals surface area contributed by atoms with Gasteiger partial charge in [-0.15, -0.1) is 0 Å². The number of aryl methyl sites for hydroxylation is 2. The van der Waals surface area contributed by atoms with E-state index >= 15 is 0 Å². The van der Waals surface area contributed by atoms with Crippen molar-refractivity contribution < 1.29 is 28.8 Å². The molecule has 3 saturated heterocycles. The maximum atomic E-state index is 13.2. The van der Waals surface area contributed by atoms with Crippen molar-refractivity contribution in [1.29, 1.82) is 0 Å². The van der Waals surface area contributed by atoms with Crippen LogP contribution in [-0.2, 0) is 34.0 Å². The summed E-state index contributed by atoms with van der Waals surface area (Å²) in [6, 6.07) is 44.4. The average molecular weight is 1450 g/mol. The SMILES string of the molecule is CCNC(=O)C1CCC(n2c(NC(=O)c3ccc(C)cc3)nc3ccc(CN4CCCCC4)cc32)CC1.CNC(=O)C1CCC(n2c(NC(=O)c3ccc(C)cc3)nc3ccc(CN4CCCCC4)cc32)CC1.NC(=O)C1CCC(n2c(NC(=O)c3ccccc3)nc3ccc(CN4CCCCC4)cc32)CC1. The maximum absolute atomic E-state index is 13.2. The molecule has 21 nitrogen and oxygen atoms in total. The second-order valence-corrected chi connectivity index (χ2v) is 30.8. The van der Waals surface area contributed by atoms with Gasteiger partial charge in [0, 0.05) is 85.8 Å². The largest absolute Gasteiger partial charge is 0.369 e. The fourth-order valence-electron chi connectivity index (χ4n) is 17.1. The molecule has 6 fully saturated rings. The van der Waals surface area contributed by atoms with Crippen LogP contribution in [0.5, 0.6) is 0 Å². The zero-order valence-electron chi connectivity index (χ0n) is 63.1. The summed E-state index contributed by atoms with van der Waals surface area (Å²) in [6.45, 7) is 16.4. The van der Waals surface area contributed by atoms with Crippen LogP contribution in [0.15, 0.2) is 133 Å². The highest BCUT2D eigenvalue weighted by Crippen LogP contribution is 2.41. The molecule has 0 spiro atoms. The summed E-state index contributed by atoms with van der Waals surface area (Å²) in [7, 11) is 1.71. The van der Waals surface area contributed by atoms with Gasteiger partial charge >= 0.3 is 0 Å². The minimum absolute atomic E-state index is 0.0568. The standard InChI is InChI=1S/C30H39N5O2.C29H37N5O2.C27H33N5O2/c1-3-31-28(36)23-12-14-25(15-13-23)35-27-19-22(20-34-17-5-4-6-18-34)9-16-26(27)32-30(35)33-29(37)24-10-7-21(2)8-11-24;1-20-6-9-23(10-7-20)28(36)32-29-31-25-15-8-21(19-33-16-4-3-5-17-33)18-26(25)34(29)24-13-11-22(12-14-24)27(35)30-2;28-25(33)20-10-12-22(13-11-20)32-24-17-19(18-31-15-5-2-6-16-31)9-14-23(24)29-27(32)30-26(34)21-7-3-1-4-8-21/h7-11,16,19,23,25H,3-6,12-15,17-18,20H2,1-2H3,(H,31,36)(H,32,33,37);6-10,15,18,22,24H,3-5,11-14,16-17,19H2,1-2H3,(H,30,35)(H,31,32,36);1,3-4,7-9,14,17,20,22H,2,5-6,10-13,15-16,18H2,(H2,28,33)(H,29,30,34). The molecule has 6 amide bonds. The first-order valence-corrected chi connectivity index (χ1v) is 39.7. The van der Waals surface area contributed by atoms with Crippen molar-refractivity contribution in [3.8, 4) is 0 Å². The molecule has 0 atom stereocenters. The molecular weight excluding hydrogens is 1340 g/mol. The van der Waals surface area contributed by atoms with E-state index in [1.54, 1.807) is 19.2 Å². The third-order valence-electron chi connectivity index (χ3n) is 23.1. The number of hydrogen-bond acceptors (Lipinski definition) is 12. The molecule has 7 N–H and O–H groups in total. The second-order valence-electron chi connectivity index (χ2n) is 30.8. The number of nitrogens with two attached hydrogens (primary N) is 1. The number of likely N-dealkylation sites (tertiary alicyclic amines) is 3. The maximum Gasteiger partial charge on any atom is 0.257 e. The molecule has 15 rings (SSSR count). The number of benzene rings is 6. The molecule has 9 aromatic rings. The van der Waals surface area contributed by atoms with Crippen molar-refractivity contribution in [3.63, 3.8) is 0 Å². The Balaban J connectivity index is 0.000000142. The van der Waals surface area contributed by atoms with Gasteiger partial charge in [-0.05, 0) is 265 Å². The number of amides is 6. The summed E-state index contributed by atoms with van der Waals surface area (Å²) < 4.78 is 6.64. The van der Waals surface area contributed by atoms with E-state index in [0.717, 1.165) is 180 Å². The molecule has 6 aromatic carbocycles. The number of piperidine rings is 3. The van der Waals surface area contributed by atoms with Gasteiger partial charge in [-0.2, -0.15) is 0 Å². The van der Waals surface area contributed by atoms with E-state index in [4.69, 9.17) is 20.7 Å². The van der Waals surface area contributed by atoms with Crippen molar-refractivity contribution in [2.75, 3.05) is 68.8 Å². The number of nitrogens with zero attached hydrogens (tertiary/aromatic N) is 9. The van der Waals surface area contributed by atoms with E-state index in [-0.39, 0.29) is 71.3 Å². The Morgan fingerprint density at radius 3 is 1.03 bits per heavy atom. The summed E-state index contributed by atoms with van der Waals surface area (Å²) in [5.74, 6) is 1.41. The van der Waals surface area contributed by atoms with Gasteiger partial charge in [0.25, 0.3) is 17.7 Å². The number of carbonyl (C=O) groups is 6. The van der Waals surface area contributed by atoms with E-state index in [2.05, 4.69) is 110 Å². The van der Waals surface area contributed by atoms with Crippen molar-refractivity contribution >= 4 is 86.4 Å². The molecule has 3 saturated carbocycles. The summed E-state index contributed by atoms with van der Waals surface area (Å²) in [4.78, 5) is 97.7. The first-order chi connectivity index (χ1) is 52.1. The third kappa shape index (κ3) is 19.1. The van der Waals surface area contributed by atoms with Crippen LogP contribution in [0.3, 0.4) is 0 Å². The Labute approximate surface area is 629 Å². The Kier molecular flexibility index (Phi) is 25.4. The van der Waals surface area contributed by atoms with Crippen LogP contribution in [0.2, 0.25) is 0 Å². The fraction of sp³-hybridized carbons (Fsp3) is 0.477. The van der Waals surface area contributed by atoms with Crippen LogP contribution in [-0.4, -0.2) is 132 Å². The monoisotopic (exact) mass is 1450 g/mol. The normalized spacial score (nSPS) is 20.9. The lowest BCUT2D eigenvalue weighted by Crippen LogP contribution is -2.33. The van der Waals surface area contributed by atoms with Crippen LogP contribution in [0.25, 0.3) is 33.1 Å². The number of rotatable bonds is 19. The van der Waals surface area contributed by atoms with Crippen LogP contribution in [0.1, 0.15) is 219 Å². The number of nitrogens with one attached hydrogen (secondary N) is 5. The van der Waals surface area contributed by atoms with E-state index in [1.165, 1.54) is 74.5 Å². The van der Waals surface area contributed by atoms with Crippen molar-refractivity contribution in [2.45, 2.75) is 193 Å². The van der Waals surface area contributed by atoms with Gasteiger partial charge in [-0.3, -0.25) is 59.4 Å². The molecule has 0 radical (unpaired) electrons. The Bertz CT molecular complexity index is 4520. The molecule has 6 heterocycles. The highest BCUT2D eigenvalue weighted by molar-refractivity contribution is 6.06. The van der Waals surface area contributed by atoms with Crippen LogP contribution < -0.4 is 32.3 Å². The predicted molar refractivity (Wildman–Crippen MR) is 424 cm³/mol. The molecule has 3 aliphatic carbocycles. The first-order valence-electron chi connectivity index (χ1n) is 39.7. The zero-order chi connectivity index (χ0) is 74.3. The third-order valence-corrected chi connectivity index (χ3v) is 23.1. The minimum atomic E-state index is -0.213. The first kappa shape index (κ1) is 75.7. The Hall–Kier alpha value is -9.57. The molecule has 21 heteroatoms. The number of aromatic nitrogens is 6. The quantitative estimate of drug-likeness (QED) is 0.0442. The Morgan fingerprint density at radius 2 is 0.710 bits per heavy atom. The molecule has 564 valence electrons. The number of primary amides is 1. The van der Waals surface area contributed by atoms with Gasteiger partial charge in [-0.1, -0.05) is 91.1 Å².